The molecular weight excluding hydrogens is 219 g/mol. The van der Waals surface area contributed by atoms with Crippen molar-refractivity contribution in [1.82, 2.24) is 0 Å². The molecule has 0 fully saturated rings. The molecule has 0 aliphatic carbocycles. The van der Waals surface area contributed by atoms with Crippen molar-refractivity contribution in [2.75, 3.05) is 7.11 Å². The average Bonchev–Trinajstić information content (AvgIpc) is 2.29. The number of halogens is 1. The summed E-state index contributed by atoms with van der Waals surface area (Å²) >= 11 is 0. The van der Waals surface area contributed by atoms with E-state index in [0.29, 0.717) is 0 Å². The van der Waals surface area contributed by atoms with E-state index in [9.17, 15) is 9.50 Å². The molecule has 1 aromatic rings. The topological polar surface area (TPSA) is 29.5 Å². The van der Waals surface area contributed by atoms with E-state index in [1.807, 2.05) is 19.9 Å². The van der Waals surface area contributed by atoms with Crippen molar-refractivity contribution < 1.29 is 14.2 Å². The quantitative estimate of drug-likeness (QED) is 0.827. The normalized spacial score (nSPS) is 12.8. The molecule has 0 spiro atoms. The number of rotatable bonds is 6. The minimum absolute atomic E-state index is 0.266. The lowest BCUT2D eigenvalue weighted by molar-refractivity contribution is 0.114. The van der Waals surface area contributed by atoms with Crippen LogP contribution in [0.1, 0.15) is 32.3 Å². The van der Waals surface area contributed by atoms with Gasteiger partial charge in [-0.2, -0.15) is 0 Å². The first kappa shape index (κ1) is 14.0. The Morgan fingerprint density at radius 3 is 2.59 bits per heavy atom. The third-order valence-corrected chi connectivity index (χ3v) is 2.95. The van der Waals surface area contributed by atoms with Gasteiger partial charge in [0.1, 0.15) is 0 Å². The molecule has 0 bridgehead atoms. The zero-order valence-corrected chi connectivity index (χ0v) is 10.7. The Morgan fingerprint density at radius 1 is 1.35 bits per heavy atom. The predicted molar refractivity (Wildman–Crippen MR) is 66.7 cm³/mol. The molecule has 0 amide bonds. The Labute approximate surface area is 102 Å². The minimum atomic E-state index is -0.325. The first-order valence-corrected chi connectivity index (χ1v) is 6.05. The molecule has 0 saturated carbocycles. The van der Waals surface area contributed by atoms with Crippen LogP contribution in [0.3, 0.4) is 0 Å². The zero-order valence-electron chi connectivity index (χ0n) is 10.7. The van der Waals surface area contributed by atoms with Crippen LogP contribution in [0.2, 0.25) is 0 Å². The van der Waals surface area contributed by atoms with Gasteiger partial charge in [-0.1, -0.05) is 19.9 Å². The summed E-state index contributed by atoms with van der Waals surface area (Å²) in [6.07, 6.45) is 2.14. The van der Waals surface area contributed by atoms with E-state index in [-0.39, 0.29) is 23.6 Å². The second-order valence-corrected chi connectivity index (χ2v) is 4.67. The molecule has 0 aromatic heterocycles. The fraction of sp³-hybridized carbons (Fsp3) is 0.571. The van der Waals surface area contributed by atoms with Crippen LogP contribution in [0.4, 0.5) is 4.39 Å². The highest BCUT2D eigenvalue weighted by Crippen LogP contribution is 2.19. The van der Waals surface area contributed by atoms with Crippen LogP contribution in [0.25, 0.3) is 0 Å². The number of methoxy groups -OCH3 is 1. The van der Waals surface area contributed by atoms with Crippen molar-refractivity contribution in [3.8, 4) is 5.75 Å². The molecule has 96 valence electrons. The highest BCUT2D eigenvalue weighted by atomic mass is 19.1. The smallest absolute Gasteiger partial charge is 0.165 e. The molecule has 0 saturated heterocycles. The minimum Gasteiger partial charge on any atom is -0.494 e. The summed E-state index contributed by atoms with van der Waals surface area (Å²) in [7, 11) is 1.46. The van der Waals surface area contributed by atoms with E-state index in [1.54, 1.807) is 6.07 Å². The molecule has 0 heterocycles. The third kappa shape index (κ3) is 4.35. The molecule has 1 aromatic carbocycles. The second-order valence-electron chi connectivity index (χ2n) is 4.67. The summed E-state index contributed by atoms with van der Waals surface area (Å²) in [4.78, 5) is 0. The molecular formula is C14H21FO2. The van der Waals surface area contributed by atoms with Crippen LogP contribution in [-0.2, 0) is 6.42 Å². The standard InChI is InChI=1S/C14H21FO2/c1-10(2)13(16)6-4-5-11-7-8-14(17-3)12(15)9-11/h7-10,13,16H,4-6H2,1-3H3. The highest BCUT2D eigenvalue weighted by Gasteiger charge is 2.09. The molecule has 1 unspecified atom stereocenters. The number of aliphatic hydroxyl groups is 1. The molecule has 0 radical (unpaired) electrons. The van der Waals surface area contributed by atoms with Crippen LogP contribution in [-0.4, -0.2) is 18.3 Å². The summed E-state index contributed by atoms with van der Waals surface area (Å²) in [5.41, 5.74) is 0.944. The fourth-order valence-electron chi connectivity index (χ4n) is 1.71. The van der Waals surface area contributed by atoms with Crippen LogP contribution >= 0.6 is 0 Å². The van der Waals surface area contributed by atoms with Crippen molar-refractivity contribution in [3.05, 3.63) is 29.6 Å². The van der Waals surface area contributed by atoms with Crippen molar-refractivity contribution in [1.29, 1.82) is 0 Å². The molecule has 2 nitrogen and oxygen atoms in total. The summed E-state index contributed by atoms with van der Waals surface area (Å²) in [5, 5.41) is 9.65. The van der Waals surface area contributed by atoms with Gasteiger partial charge in [-0.15, -0.1) is 0 Å². The van der Waals surface area contributed by atoms with Gasteiger partial charge in [-0.25, -0.2) is 4.39 Å². The largest absolute Gasteiger partial charge is 0.494 e. The lowest BCUT2D eigenvalue weighted by Crippen LogP contribution is -2.14. The number of hydrogen-bond donors (Lipinski definition) is 1. The van der Waals surface area contributed by atoms with E-state index in [1.165, 1.54) is 13.2 Å². The van der Waals surface area contributed by atoms with Crippen LogP contribution in [0.15, 0.2) is 18.2 Å². The highest BCUT2D eigenvalue weighted by molar-refractivity contribution is 5.29. The Kier molecular flexibility index (Phi) is 5.42. The van der Waals surface area contributed by atoms with Gasteiger partial charge in [0.05, 0.1) is 13.2 Å². The van der Waals surface area contributed by atoms with Gasteiger partial charge in [0.25, 0.3) is 0 Å². The summed E-state index contributed by atoms with van der Waals surface area (Å²) < 4.78 is 18.2. The Hall–Kier alpha value is -1.09. The average molecular weight is 240 g/mol. The molecule has 17 heavy (non-hydrogen) atoms. The molecule has 3 heteroatoms. The maximum atomic E-state index is 13.4. The number of aliphatic hydroxyl groups excluding tert-OH is 1. The lowest BCUT2D eigenvalue weighted by Gasteiger charge is -2.13. The predicted octanol–water partition coefficient (Wildman–Crippen LogP) is 3.17. The lowest BCUT2D eigenvalue weighted by atomic mass is 9.99. The van der Waals surface area contributed by atoms with Gasteiger partial charge in [0.15, 0.2) is 11.6 Å². The van der Waals surface area contributed by atoms with Crippen LogP contribution in [0.5, 0.6) is 5.75 Å². The maximum Gasteiger partial charge on any atom is 0.165 e. The van der Waals surface area contributed by atoms with E-state index < -0.39 is 0 Å². The second kappa shape index (κ2) is 6.60. The monoisotopic (exact) mass is 240 g/mol. The van der Waals surface area contributed by atoms with E-state index in [0.717, 1.165) is 24.8 Å². The Morgan fingerprint density at radius 2 is 2.06 bits per heavy atom. The Balaban J connectivity index is 2.45. The third-order valence-electron chi connectivity index (χ3n) is 2.95. The van der Waals surface area contributed by atoms with Gasteiger partial charge in [0, 0.05) is 0 Å². The van der Waals surface area contributed by atoms with Crippen molar-refractivity contribution in [2.24, 2.45) is 5.92 Å². The van der Waals surface area contributed by atoms with Gasteiger partial charge < -0.3 is 9.84 Å². The van der Waals surface area contributed by atoms with Gasteiger partial charge in [-0.3, -0.25) is 0 Å². The van der Waals surface area contributed by atoms with Crippen molar-refractivity contribution in [3.63, 3.8) is 0 Å². The van der Waals surface area contributed by atoms with E-state index >= 15 is 0 Å². The number of aryl methyl sites for hydroxylation is 1. The van der Waals surface area contributed by atoms with Crippen LogP contribution < -0.4 is 4.74 Å². The summed E-state index contributed by atoms with van der Waals surface area (Å²) in [6.45, 7) is 4.00. The van der Waals surface area contributed by atoms with Gasteiger partial charge in [-0.05, 0) is 42.9 Å². The maximum absolute atomic E-state index is 13.4. The molecule has 1 N–H and O–H groups in total. The number of ether oxygens (including phenoxy) is 1. The van der Waals surface area contributed by atoms with Crippen LogP contribution in [0, 0.1) is 11.7 Å². The van der Waals surface area contributed by atoms with Crippen molar-refractivity contribution in [2.45, 2.75) is 39.2 Å². The fourth-order valence-corrected chi connectivity index (χ4v) is 1.71. The van der Waals surface area contributed by atoms with Gasteiger partial charge in [0.2, 0.25) is 0 Å². The molecule has 0 aliphatic rings. The summed E-state index contributed by atoms with van der Waals surface area (Å²) in [5.74, 6) is 0.230. The first-order chi connectivity index (χ1) is 8.04. The van der Waals surface area contributed by atoms with E-state index in [4.69, 9.17) is 4.74 Å². The van der Waals surface area contributed by atoms with Gasteiger partial charge >= 0.3 is 0 Å². The first-order valence-electron chi connectivity index (χ1n) is 6.05. The molecule has 0 aliphatic heterocycles. The number of hydrogen-bond acceptors (Lipinski definition) is 2. The van der Waals surface area contributed by atoms with Crippen molar-refractivity contribution >= 4 is 0 Å². The molecule has 1 atom stereocenters. The zero-order chi connectivity index (χ0) is 12.8. The summed E-state index contributed by atoms with van der Waals surface area (Å²) in [6, 6.07) is 5.01. The van der Waals surface area contributed by atoms with E-state index in [2.05, 4.69) is 0 Å². The number of benzene rings is 1. The SMILES string of the molecule is COc1ccc(CCCC(O)C(C)C)cc1F. The Bertz CT molecular complexity index is 350. The molecule has 1 rings (SSSR count).